The third-order valence-corrected chi connectivity index (χ3v) is 5.56. The number of anilines is 1. The Kier molecular flexibility index (Phi) is 5.28. The van der Waals surface area contributed by atoms with Gasteiger partial charge in [-0.05, 0) is 43.9 Å². The van der Waals surface area contributed by atoms with E-state index in [0.717, 1.165) is 45.6 Å². The van der Waals surface area contributed by atoms with Crippen molar-refractivity contribution in [1.82, 2.24) is 4.90 Å². The number of hydrogen-bond donors (Lipinski definition) is 1. The molecule has 0 spiro atoms. The van der Waals surface area contributed by atoms with Gasteiger partial charge in [-0.2, -0.15) is 0 Å². The van der Waals surface area contributed by atoms with Crippen LogP contribution in [0.3, 0.4) is 0 Å². The lowest BCUT2D eigenvalue weighted by Gasteiger charge is -2.47. The zero-order valence-electron chi connectivity index (χ0n) is 14.2. The highest BCUT2D eigenvalue weighted by Gasteiger charge is 2.34. The largest absolute Gasteiger partial charge is 0.369 e. The summed E-state index contributed by atoms with van der Waals surface area (Å²) >= 11 is 0. The van der Waals surface area contributed by atoms with E-state index < -0.39 is 0 Å². The number of nitrogens with zero attached hydrogens (tertiary/aromatic N) is 2. The Balaban J connectivity index is 2.08. The number of aryl methyl sites for hydroxylation is 1. The molecule has 21 heavy (non-hydrogen) atoms. The molecule has 0 aromatic heterocycles. The fourth-order valence-electron chi connectivity index (χ4n) is 3.61. The molecule has 0 aliphatic carbocycles. The van der Waals surface area contributed by atoms with Gasteiger partial charge in [-0.3, -0.25) is 4.90 Å². The van der Waals surface area contributed by atoms with Gasteiger partial charge in [0, 0.05) is 44.0 Å². The van der Waals surface area contributed by atoms with Gasteiger partial charge in [-0.15, -0.1) is 0 Å². The second-order valence-corrected chi connectivity index (χ2v) is 6.33. The maximum atomic E-state index is 6.09. The van der Waals surface area contributed by atoms with Gasteiger partial charge in [-0.25, -0.2) is 0 Å². The molecular weight excluding hydrogens is 258 g/mol. The Labute approximate surface area is 130 Å². The minimum atomic E-state index is 0.202. The van der Waals surface area contributed by atoms with E-state index in [9.17, 15) is 0 Å². The van der Waals surface area contributed by atoms with E-state index in [4.69, 9.17) is 5.73 Å². The van der Waals surface area contributed by atoms with Crippen molar-refractivity contribution in [2.75, 3.05) is 37.6 Å². The van der Waals surface area contributed by atoms with Crippen LogP contribution in [-0.2, 0) is 0 Å². The maximum absolute atomic E-state index is 6.09. The lowest BCUT2D eigenvalue weighted by Crippen LogP contribution is -2.59. The summed E-state index contributed by atoms with van der Waals surface area (Å²) in [4.78, 5) is 5.15. The molecule has 0 saturated carbocycles. The van der Waals surface area contributed by atoms with Crippen LogP contribution in [-0.4, -0.2) is 43.2 Å². The predicted molar refractivity (Wildman–Crippen MR) is 92.1 cm³/mol. The van der Waals surface area contributed by atoms with E-state index in [-0.39, 0.29) is 5.54 Å². The molecule has 0 unspecified atom stereocenters. The number of rotatable bonds is 5. The maximum Gasteiger partial charge on any atom is 0.0399 e. The second-order valence-electron chi connectivity index (χ2n) is 6.33. The van der Waals surface area contributed by atoms with Gasteiger partial charge in [0.1, 0.15) is 0 Å². The van der Waals surface area contributed by atoms with Gasteiger partial charge >= 0.3 is 0 Å². The van der Waals surface area contributed by atoms with Crippen molar-refractivity contribution in [3.05, 3.63) is 29.3 Å². The van der Waals surface area contributed by atoms with Crippen LogP contribution in [0.15, 0.2) is 18.2 Å². The molecule has 0 radical (unpaired) electrons. The lowest BCUT2D eigenvalue weighted by atomic mass is 9.90. The summed E-state index contributed by atoms with van der Waals surface area (Å²) < 4.78 is 0. The summed E-state index contributed by atoms with van der Waals surface area (Å²) in [7, 11) is 0. The fraction of sp³-hybridized carbons (Fsp3) is 0.667. The number of benzene rings is 1. The van der Waals surface area contributed by atoms with Gasteiger partial charge in [0.2, 0.25) is 0 Å². The van der Waals surface area contributed by atoms with Gasteiger partial charge in [0.25, 0.3) is 0 Å². The van der Waals surface area contributed by atoms with E-state index in [1.807, 2.05) is 0 Å². The van der Waals surface area contributed by atoms with Gasteiger partial charge in [-0.1, -0.05) is 26.0 Å². The van der Waals surface area contributed by atoms with Crippen LogP contribution < -0.4 is 10.6 Å². The molecule has 3 heteroatoms. The molecule has 0 amide bonds. The van der Waals surface area contributed by atoms with E-state index >= 15 is 0 Å². The average molecular weight is 289 g/mol. The van der Waals surface area contributed by atoms with Gasteiger partial charge < -0.3 is 10.6 Å². The number of nitrogens with two attached hydrogens (primary N) is 1. The summed E-state index contributed by atoms with van der Waals surface area (Å²) in [5.74, 6) is 0. The fourth-order valence-corrected chi connectivity index (χ4v) is 3.61. The first kappa shape index (κ1) is 16.3. The smallest absolute Gasteiger partial charge is 0.0399 e. The van der Waals surface area contributed by atoms with E-state index in [1.165, 1.54) is 16.8 Å². The summed E-state index contributed by atoms with van der Waals surface area (Å²) in [6.45, 7) is 14.2. The molecule has 1 aromatic rings. The first-order valence-electron chi connectivity index (χ1n) is 8.34. The second kappa shape index (κ2) is 6.80. The first-order valence-corrected chi connectivity index (χ1v) is 8.34. The lowest BCUT2D eigenvalue weighted by molar-refractivity contribution is 0.0786. The molecule has 1 heterocycles. The topological polar surface area (TPSA) is 32.5 Å². The summed E-state index contributed by atoms with van der Waals surface area (Å²) in [5, 5.41) is 0. The molecule has 3 nitrogen and oxygen atoms in total. The monoisotopic (exact) mass is 289 g/mol. The zero-order chi connectivity index (χ0) is 15.5. The highest BCUT2D eigenvalue weighted by atomic mass is 15.3. The van der Waals surface area contributed by atoms with Crippen molar-refractivity contribution >= 4 is 5.69 Å². The standard InChI is InChI=1S/C18H31N3/c1-5-18(6-2,14-19)21-12-10-20(11-13-21)17-9-7-8-15(3)16(17)4/h7-9H,5-6,10-14,19H2,1-4H3. The molecule has 1 saturated heterocycles. The van der Waals surface area contributed by atoms with E-state index in [0.29, 0.717) is 0 Å². The van der Waals surface area contributed by atoms with Crippen LogP contribution in [0, 0.1) is 13.8 Å². The Bertz CT molecular complexity index is 449. The number of hydrogen-bond acceptors (Lipinski definition) is 3. The number of piperazine rings is 1. The third kappa shape index (κ3) is 3.09. The predicted octanol–water partition coefficient (Wildman–Crippen LogP) is 2.94. The molecule has 1 aromatic carbocycles. The Hall–Kier alpha value is -1.06. The third-order valence-electron chi connectivity index (χ3n) is 5.56. The molecule has 2 rings (SSSR count). The van der Waals surface area contributed by atoms with Crippen molar-refractivity contribution in [2.24, 2.45) is 5.73 Å². The molecule has 1 fully saturated rings. The Morgan fingerprint density at radius 3 is 2.19 bits per heavy atom. The summed E-state index contributed by atoms with van der Waals surface area (Å²) in [5.41, 5.74) is 10.5. The van der Waals surface area contributed by atoms with Gasteiger partial charge in [0.15, 0.2) is 0 Å². The Morgan fingerprint density at radius 2 is 1.67 bits per heavy atom. The van der Waals surface area contributed by atoms with Crippen molar-refractivity contribution in [3.63, 3.8) is 0 Å². The minimum Gasteiger partial charge on any atom is -0.369 e. The van der Waals surface area contributed by atoms with Crippen molar-refractivity contribution in [2.45, 2.75) is 46.1 Å². The molecule has 0 atom stereocenters. The van der Waals surface area contributed by atoms with Crippen LogP contribution in [0.2, 0.25) is 0 Å². The van der Waals surface area contributed by atoms with Crippen molar-refractivity contribution in [1.29, 1.82) is 0 Å². The average Bonchev–Trinajstić information content (AvgIpc) is 2.53. The minimum absolute atomic E-state index is 0.202. The molecule has 0 bridgehead atoms. The van der Waals surface area contributed by atoms with Crippen LogP contribution >= 0.6 is 0 Å². The van der Waals surface area contributed by atoms with Crippen LogP contribution in [0.25, 0.3) is 0 Å². The normalized spacial score (nSPS) is 17.3. The quantitative estimate of drug-likeness (QED) is 0.904. The van der Waals surface area contributed by atoms with Crippen molar-refractivity contribution < 1.29 is 0 Å². The zero-order valence-corrected chi connectivity index (χ0v) is 14.2. The van der Waals surface area contributed by atoms with E-state index in [1.54, 1.807) is 0 Å². The highest BCUT2D eigenvalue weighted by Crippen LogP contribution is 2.28. The molecule has 118 valence electrons. The first-order chi connectivity index (χ1) is 10.1. The molecule has 1 aliphatic rings. The summed E-state index contributed by atoms with van der Waals surface area (Å²) in [6.07, 6.45) is 2.28. The molecule has 2 N–H and O–H groups in total. The van der Waals surface area contributed by atoms with Crippen LogP contribution in [0.4, 0.5) is 5.69 Å². The van der Waals surface area contributed by atoms with Gasteiger partial charge in [0.05, 0.1) is 0 Å². The van der Waals surface area contributed by atoms with Crippen LogP contribution in [0.5, 0.6) is 0 Å². The highest BCUT2D eigenvalue weighted by molar-refractivity contribution is 5.56. The van der Waals surface area contributed by atoms with Crippen molar-refractivity contribution in [3.8, 4) is 0 Å². The Morgan fingerprint density at radius 1 is 1.05 bits per heavy atom. The van der Waals surface area contributed by atoms with Crippen LogP contribution in [0.1, 0.15) is 37.8 Å². The SMILES string of the molecule is CCC(CC)(CN)N1CCN(c2cccc(C)c2C)CC1. The van der Waals surface area contributed by atoms with E-state index in [2.05, 4.69) is 55.7 Å². The molecular formula is C18H31N3. The summed E-state index contributed by atoms with van der Waals surface area (Å²) in [6, 6.07) is 6.63. The molecule has 1 aliphatic heterocycles.